The predicted molar refractivity (Wildman–Crippen MR) is 252 cm³/mol. The van der Waals surface area contributed by atoms with Gasteiger partial charge in [0.15, 0.2) is 6.10 Å². The number of rotatable bonds is 48. The van der Waals surface area contributed by atoms with Gasteiger partial charge in [0, 0.05) is 19.3 Å². The van der Waals surface area contributed by atoms with Gasteiger partial charge < -0.3 is 14.2 Å². The summed E-state index contributed by atoms with van der Waals surface area (Å²) in [6.45, 7) is 8.98. The van der Waals surface area contributed by atoms with Gasteiger partial charge >= 0.3 is 17.9 Å². The van der Waals surface area contributed by atoms with Gasteiger partial charge in [0.25, 0.3) is 0 Å². The van der Waals surface area contributed by atoms with E-state index in [2.05, 4.69) is 27.7 Å². The van der Waals surface area contributed by atoms with Gasteiger partial charge in [-0.2, -0.15) is 0 Å². The maximum absolute atomic E-state index is 12.7. The second-order valence-corrected chi connectivity index (χ2v) is 18.6. The number of unbranched alkanes of at least 4 members (excludes halogenated alkanes) is 35. The molecule has 0 saturated heterocycles. The van der Waals surface area contributed by atoms with Gasteiger partial charge in [-0.15, -0.1) is 0 Å². The van der Waals surface area contributed by atoms with Crippen LogP contribution in [0.4, 0.5) is 0 Å². The molecule has 1 atom stereocenters. The molecule has 0 aliphatic rings. The monoisotopic (exact) mass is 835 g/mol. The Balaban J connectivity index is 4.21. The topological polar surface area (TPSA) is 78.9 Å². The summed E-state index contributed by atoms with van der Waals surface area (Å²) in [5.74, 6) is -0.0700. The zero-order chi connectivity index (χ0) is 43.1. The van der Waals surface area contributed by atoms with Gasteiger partial charge in [-0.1, -0.05) is 259 Å². The van der Waals surface area contributed by atoms with Crippen molar-refractivity contribution in [2.75, 3.05) is 13.2 Å². The second-order valence-electron chi connectivity index (χ2n) is 18.6. The minimum absolute atomic E-state index is 0.0635. The van der Waals surface area contributed by atoms with Crippen LogP contribution >= 0.6 is 0 Å². The first-order chi connectivity index (χ1) is 28.9. The molecule has 0 N–H and O–H groups in total. The van der Waals surface area contributed by atoms with E-state index in [1.165, 1.54) is 193 Å². The molecule has 6 heteroatoms. The van der Waals surface area contributed by atoms with Crippen molar-refractivity contribution >= 4 is 17.9 Å². The minimum atomic E-state index is -0.761. The predicted octanol–water partition coefficient (Wildman–Crippen LogP) is 17.1. The maximum Gasteiger partial charge on any atom is 0.306 e. The van der Waals surface area contributed by atoms with Gasteiger partial charge in [0.1, 0.15) is 13.2 Å². The fraction of sp³-hybridized carbons (Fsp3) is 0.943. The molecule has 0 heterocycles. The fourth-order valence-corrected chi connectivity index (χ4v) is 8.04. The molecule has 6 nitrogen and oxygen atoms in total. The van der Waals surface area contributed by atoms with Crippen molar-refractivity contribution in [3.05, 3.63) is 0 Å². The van der Waals surface area contributed by atoms with E-state index in [-0.39, 0.29) is 31.1 Å². The van der Waals surface area contributed by atoms with Crippen LogP contribution in [0.25, 0.3) is 0 Å². The third-order valence-electron chi connectivity index (χ3n) is 12.0. The van der Waals surface area contributed by atoms with Crippen molar-refractivity contribution in [3.63, 3.8) is 0 Å². The molecule has 0 rings (SSSR count). The van der Waals surface area contributed by atoms with Crippen LogP contribution in [-0.4, -0.2) is 37.2 Å². The number of ether oxygens (including phenoxy) is 3. The van der Waals surface area contributed by atoms with Crippen molar-refractivity contribution in [1.82, 2.24) is 0 Å². The van der Waals surface area contributed by atoms with Crippen LogP contribution in [0.3, 0.4) is 0 Å². The van der Waals surface area contributed by atoms with Crippen LogP contribution in [0.1, 0.15) is 297 Å². The maximum atomic E-state index is 12.7. The molecule has 0 aliphatic heterocycles. The number of carbonyl (C=O) groups excluding carboxylic acids is 3. The largest absolute Gasteiger partial charge is 0.462 e. The summed E-state index contributed by atoms with van der Waals surface area (Å²) in [6.07, 6.45) is 49.6. The molecule has 0 unspecified atom stereocenters. The summed E-state index contributed by atoms with van der Waals surface area (Å²) < 4.78 is 16.8. The Hall–Kier alpha value is -1.59. The van der Waals surface area contributed by atoms with E-state index < -0.39 is 6.10 Å². The molecule has 0 aromatic carbocycles. The van der Waals surface area contributed by atoms with Crippen molar-refractivity contribution in [1.29, 1.82) is 0 Å². The molecule has 0 radical (unpaired) electrons. The van der Waals surface area contributed by atoms with Crippen LogP contribution < -0.4 is 0 Å². The van der Waals surface area contributed by atoms with Gasteiger partial charge in [-0.25, -0.2) is 0 Å². The quantitative estimate of drug-likeness (QED) is 0.0345. The first-order valence-corrected chi connectivity index (χ1v) is 26.4. The molecule has 0 bridgehead atoms. The summed E-state index contributed by atoms with van der Waals surface area (Å²) in [4.78, 5) is 37.9. The molecule has 0 aliphatic carbocycles. The highest BCUT2D eigenvalue weighted by Crippen LogP contribution is 2.17. The first kappa shape index (κ1) is 57.4. The number of hydrogen-bond donors (Lipinski definition) is 0. The Morgan fingerprint density at radius 1 is 0.322 bits per heavy atom. The summed E-state index contributed by atoms with van der Waals surface area (Å²) in [7, 11) is 0. The number of carbonyl (C=O) groups is 3. The Morgan fingerprint density at radius 3 is 0.831 bits per heavy atom. The van der Waals surface area contributed by atoms with Crippen LogP contribution in [-0.2, 0) is 28.6 Å². The molecular weight excluding hydrogens is 733 g/mol. The zero-order valence-corrected chi connectivity index (χ0v) is 40.2. The van der Waals surface area contributed by atoms with Crippen LogP contribution in [0.5, 0.6) is 0 Å². The van der Waals surface area contributed by atoms with Crippen LogP contribution in [0.15, 0.2) is 0 Å². The van der Waals surface area contributed by atoms with E-state index >= 15 is 0 Å². The summed E-state index contributed by atoms with van der Waals surface area (Å²) in [6, 6.07) is 0. The summed E-state index contributed by atoms with van der Waals surface area (Å²) in [5, 5.41) is 0. The minimum Gasteiger partial charge on any atom is -0.462 e. The van der Waals surface area contributed by atoms with Gasteiger partial charge in [0.2, 0.25) is 0 Å². The van der Waals surface area contributed by atoms with Crippen LogP contribution in [0, 0.1) is 5.92 Å². The van der Waals surface area contributed by atoms with Crippen molar-refractivity contribution < 1.29 is 28.6 Å². The highest BCUT2D eigenvalue weighted by atomic mass is 16.6. The smallest absolute Gasteiger partial charge is 0.306 e. The van der Waals surface area contributed by atoms with E-state index in [0.29, 0.717) is 19.3 Å². The van der Waals surface area contributed by atoms with Crippen LogP contribution in [0.2, 0.25) is 0 Å². The highest BCUT2D eigenvalue weighted by molar-refractivity contribution is 5.71. The third kappa shape index (κ3) is 47.3. The lowest BCUT2D eigenvalue weighted by Crippen LogP contribution is -2.30. The average molecular weight is 835 g/mol. The lowest BCUT2D eigenvalue weighted by Gasteiger charge is -2.18. The van der Waals surface area contributed by atoms with Gasteiger partial charge in [-0.3, -0.25) is 14.4 Å². The molecule has 0 fully saturated rings. The van der Waals surface area contributed by atoms with E-state index in [0.717, 1.165) is 63.7 Å². The SMILES string of the molecule is CCCCCCCCCCCCCCCCCCCCCC(=O)OC[C@H](COC(=O)CCCCCCCCCCCCCC)OC(=O)CCCCCCCCCC(C)C. The number of esters is 3. The standard InChI is InChI=1S/C53H102O6/c1-5-7-9-11-13-15-17-19-20-21-22-23-24-25-27-29-33-37-41-45-52(55)58-48-50(59-53(56)46-42-38-34-30-31-35-39-43-49(3)4)47-57-51(54)44-40-36-32-28-26-18-16-14-12-10-8-6-2/h49-50H,5-48H2,1-4H3/t50-/m0/s1. The third-order valence-corrected chi connectivity index (χ3v) is 12.0. The highest BCUT2D eigenvalue weighted by Gasteiger charge is 2.19. The normalized spacial score (nSPS) is 11.9. The van der Waals surface area contributed by atoms with E-state index in [9.17, 15) is 14.4 Å². The van der Waals surface area contributed by atoms with E-state index in [1.807, 2.05) is 0 Å². The Kier molecular flexibility index (Phi) is 46.2. The Bertz CT molecular complexity index is 887. The zero-order valence-electron chi connectivity index (χ0n) is 40.2. The lowest BCUT2D eigenvalue weighted by atomic mass is 10.0. The van der Waals surface area contributed by atoms with E-state index in [1.54, 1.807) is 0 Å². The molecule has 0 aromatic rings. The van der Waals surface area contributed by atoms with Crippen molar-refractivity contribution in [2.24, 2.45) is 5.92 Å². The lowest BCUT2D eigenvalue weighted by molar-refractivity contribution is -0.167. The molecule has 59 heavy (non-hydrogen) atoms. The molecular formula is C53H102O6. The Morgan fingerprint density at radius 2 is 0.559 bits per heavy atom. The average Bonchev–Trinajstić information content (AvgIpc) is 3.22. The van der Waals surface area contributed by atoms with Gasteiger partial charge in [0.05, 0.1) is 0 Å². The van der Waals surface area contributed by atoms with E-state index in [4.69, 9.17) is 14.2 Å². The fourth-order valence-electron chi connectivity index (χ4n) is 8.04. The summed E-state index contributed by atoms with van der Waals surface area (Å²) in [5.41, 5.74) is 0. The number of hydrogen-bond acceptors (Lipinski definition) is 6. The van der Waals surface area contributed by atoms with Crippen molar-refractivity contribution in [3.8, 4) is 0 Å². The second kappa shape index (κ2) is 47.5. The molecule has 0 saturated carbocycles. The van der Waals surface area contributed by atoms with Gasteiger partial charge in [-0.05, 0) is 25.2 Å². The molecule has 350 valence electrons. The Labute approximate surface area is 368 Å². The summed E-state index contributed by atoms with van der Waals surface area (Å²) >= 11 is 0. The molecule has 0 aromatic heterocycles. The van der Waals surface area contributed by atoms with Crippen molar-refractivity contribution in [2.45, 2.75) is 303 Å². The molecule has 0 amide bonds. The molecule has 0 spiro atoms. The first-order valence-electron chi connectivity index (χ1n) is 26.4.